The summed E-state index contributed by atoms with van der Waals surface area (Å²) in [6.07, 6.45) is 9.40. The fraction of sp³-hybridized carbons (Fsp3) is 0.167. The summed E-state index contributed by atoms with van der Waals surface area (Å²) in [6.45, 7) is 0. The molecular formula is C6H4. The Hall–Kier alpha value is -0.520. The molecule has 0 heterocycles. The van der Waals surface area contributed by atoms with E-state index in [1.807, 2.05) is 0 Å². The van der Waals surface area contributed by atoms with Gasteiger partial charge in [-0.05, 0) is 6.08 Å². The maximum Gasteiger partial charge on any atom is 0.0300 e. The lowest BCUT2D eigenvalue weighted by Gasteiger charge is -1.80. The first-order valence-corrected chi connectivity index (χ1v) is 2.11. The molecule has 0 aromatic rings. The van der Waals surface area contributed by atoms with E-state index in [1.165, 1.54) is 5.92 Å². The van der Waals surface area contributed by atoms with Crippen LogP contribution in [0.15, 0.2) is 18.2 Å². The third kappa shape index (κ3) is 0.238. The molecule has 1 unspecified atom stereocenters. The lowest BCUT2D eigenvalue weighted by molar-refractivity contribution is 1.10. The van der Waals surface area contributed by atoms with Crippen molar-refractivity contribution in [1.29, 1.82) is 0 Å². The lowest BCUT2D eigenvalue weighted by Crippen LogP contribution is -1.74. The van der Waals surface area contributed by atoms with Crippen LogP contribution in [0, 0.1) is 17.9 Å². The van der Waals surface area contributed by atoms with Crippen LogP contribution in [0.1, 0.15) is 0 Å². The standard InChI is InChI=1S/C6H4/c1-2-5(1)6-3-4-6/h1-3,6H. The van der Waals surface area contributed by atoms with Crippen LogP contribution in [-0.4, -0.2) is 0 Å². The van der Waals surface area contributed by atoms with E-state index in [0.29, 0.717) is 5.92 Å². The second-order valence-corrected chi connectivity index (χ2v) is 1.64. The molecule has 0 saturated heterocycles. The Kier molecular flexibility index (Phi) is 0.264. The second-order valence-electron chi connectivity index (χ2n) is 1.64. The minimum absolute atomic E-state index is 0.644. The molecule has 2 aliphatic carbocycles. The van der Waals surface area contributed by atoms with Crippen LogP contribution in [0.3, 0.4) is 0 Å². The molecule has 0 aromatic carbocycles. The lowest BCUT2D eigenvalue weighted by atomic mass is 10.2. The predicted octanol–water partition coefficient (Wildman–Crippen LogP) is 1.12. The minimum Gasteiger partial charge on any atom is -0.0755 e. The zero-order chi connectivity index (χ0) is 3.98. The average Bonchev–Trinajstić information content (AvgIpc) is 2.26. The molecule has 2 rings (SSSR count). The molecule has 0 bridgehead atoms. The Labute approximate surface area is 37.2 Å². The number of hydrogen-bond donors (Lipinski definition) is 0. The summed E-state index contributed by atoms with van der Waals surface area (Å²) in [5, 5.41) is 0. The summed E-state index contributed by atoms with van der Waals surface area (Å²) < 4.78 is 0. The van der Waals surface area contributed by atoms with E-state index in [4.69, 9.17) is 0 Å². The van der Waals surface area contributed by atoms with Crippen molar-refractivity contribution in [2.75, 3.05) is 0 Å². The molecule has 1 atom stereocenters. The van der Waals surface area contributed by atoms with Crippen LogP contribution in [0.2, 0.25) is 0 Å². The Morgan fingerprint density at radius 1 is 1.50 bits per heavy atom. The number of rotatable bonds is 1. The Morgan fingerprint density at radius 3 is 2.33 bits per heavy atom. The molecule has 0 aromatic heterocycles. The quantitative estimate of drug-likeness (QED) is 0.439. The maximum absolute atomic E-state index is 3.07. The van der Waals surface area contributed by atoms with Gasteiger partial charge < -0.3 is 0 Å². The largest absolute Gasteiger partial charge is 0.0755 e. The first kappa shape index (κ1) is 2.62. The molecule has 2 radical (unpaired) electrons. The highest BCUT2D eigenvalue weighted by molar-refractivity contribution is 5.47. The van der Waals surface area contributed by atoms with Gasteiger partial charge >= 0.3 is 0 Å². The van der Waals surface area contributed by atoms with Crippen LogP contribution >= 0.6 is 0 Å². The topological polar surface area (TPSA) is 0 Å². The molecule has 0 spiro atoms. The first-order valence-electron chi connectivity index (χ1n) is 2.11. The molecule has 0 saturated carbocycles. The molecule has 28 valence electrons. The van der Waals surface area contributed by atoms with E-state index in [2.05, 4.69) is 24.3 Å². The van der Waals surface area contributed by atoms with Crippen molar-refractivity contribution >= 4 is 0 Å². The fourth-order valence-corrected chi connectivity index (χ4v) is 0.496. The van der Waals surface area contributed by atoms with Gasteiger partial charge in [0.05, 0.1) is 0 Å². The summed E-state index contributed by atoms with van der Waals surface area (Å²) >= 11 is 0. The molecular weight excluding hydrogens is 72.1 g/mol. The highest BCUT2D eigenvalue weighted by Crippen LogP contribution is 2.36. The second kappa shape index (κ2) is 0.604. The maximum atomic E-state index is 3.07. The third-order valence-electron chi connectivity index (χ3n) is 1.05. The van der Waals surface area contributed by atoms with Crippen molar-refractivity contribution in [1.82, 2.24) is 0 Å². The fourth-order valence-electron chi connectivity index (χ4n) is 0.496. The van der Waals surface area contributed by atoms with Crippen molar-refractivity contribution in [3.8, 4) is 0 Å². The summed E-state index contributed by atoms with van der Waals surface area (Å²) in [7, 11) is 0. The SMILES string of the molecule is [C]1=CC1[C]1C=C1. The van der Waals surface area contributed by atoms with Crippen LogP contribution < -0.4 is 0 Å². The van der Waals surface area contributed by atoms with Crippen molar-refractivity contribution in [3.05, 3.63) is 30.2 Å². The molecule has 0 fully saturated rings. The first-order chi connectivity index (χ1) is 2.97. The van der Waals surface area contributed by atoms with Crippen LogP contribution in [-0.2, 0) is 0 Å². The van der Waals surface area contributed by atoms with Gasteiger partial charge in [0.1, 0.15) is 0 Å². The normalized spacial score (nSPS) is 28.7. The number of hydrogen-bond acceptors (Lipinski definition) is 0. The van der Waals surface area contributed by atoms with Gasteiger partial charge in [0.15, 0.2) is 0 Å². The Morgan fingerprint density at radius 2 is 2.17 bits per heavy atom. The molecule has 6 heavy (non-hydrogen) atoms. The minimum atomic E-state index is 0.644. The van der Waals surface area contributed by atoms with E-state index >= 15 is 0 Å². The van der Waals surface area contributed by atoms with Crippen LogP contribution in [0.5, 0.6) is 0 Å². The smallest absolute Gasteiger partial charge is 0.0300 e. The van der Waals surface area contributed by atoms with Crippen molar-refractivity contribution in [2.45, 2.75) is 0 Å². The van der Waals surface area contributed by atoms with Crippen LogP contribution in [0.4, 0.5) is 0 Å². The highest BCUT2D eigenvalue weighted by Gasteiger charge is 2.26. The van der Waals surface area contributed by atoms with E-state index in [0.717, 1.165) is 0 Å². The van der Waals surface area contributed by atoms with Crippen molar-refractivity contribution < 1.29 is 0 Å². The van der Waals surface area contributed by atoms with Gasteiger partial charge in [-0.2, -0.15) is 0 Å². The van der Waals surface area contributed by atoms with Gasteiger partial charge in [0.25, 0.3) is 0 Å². The highest BCUT2D eigenvalue weighted by atomic mass is 14.3. The summed E-state index contributed by atoms with van der Waals surface area (Å²) in [5.74, 6) is 2.10. The van der Waals surface area contributed by atoms with E-state index in [9.17, 15) is 0 Å². The van der Waals surface area contributed by atoms with Gasteiger partial charge in [-0.15, -0.1) is 0 Å². The van der Waals surface area contributed by atoms with Gasteiger partial charge in [0.2, 0.25) is 0 Å². The monoisotopic (exact) mass is 76.0 g/mol. The summed E-state index contributed by atoms with van der Waals surface area (Å²) in [6, 6.07) is 0. The van der Waals surface area contributed by atoms with Crippen molar-refractivity contribution in [2.24, 2.45) is 5.92 Å². The zero-order valence-electron chi connectivity index (χ0n) is 3.31. The van der Waals surface area contributed by atoms with Gasteiger partial charge in [-0.3, -0.25) is 0 Å². The molecule has 2 aliphatic rings. The Balaban J connectivity index is 1.97. The molecule has 0 N–H and O–H groups in total. The summed E-state index contributed by atoms with van der Waals surface area (Å²) in [4.78, 5) is 0. The van der Waals surface area contributed by atoms with Crippen LogP contribution in [0.25, 0.3) is 0 Å². The van der Waals surface area contributed by atoms with E-state index in [-0.39, 0.29) is 0 Å². The molecule has 0 aliphatic heterocycles. The van der Waals surface area contributed by atoms with Crippen molar-refractivity contribution in [3.63, 3.8) is 0 Å². The summed E-state index contributed by atoms with van der Waals surface area (Å²) in [5.41, 5.74) is 0. The Bertz CT molecular complexity index is 92.0. The number of allylic oxidation sites excluding steroid dienone is 4. The molecule has 0 nitrogen and oxygen atoms in total. The predicted molar refractivity (Wildman–Crippen MR) is 23.7 cm³/mol. The third-order valence-corrected chi connectivity index (χ3v) is 1.05. The van der Waals surface area contributed by atoms with Gasteiger partial charge in [-0.25, -0.2) is 0 Å². The molecule has 0 amide bonds. The average molecular weight is 76.1 g/mol. The van der Waals surface area contributed by atoms with Gasteiger partial charge in [-0.1, -0.05) is 18.2 Å². The van der Waals surface area contributed by atoms with E-state index < -0.39 is 0 Å². The van der Waals surface area contributed by atoms with E-state index in [1.54, 1.807) is 0 Å². The zero-order valence-corrected chi connectivity index (χ0v) is 3.31. The van der Waals surface area contributed by atoms with Gasteiger partial charge in [0, 0.05) is 11.8 Å². The molecule has 0 heteroatoms.